The van der Waals surface area contributed by atoms with Crippen LogP contribution in [0.25, 0.3) is 0 Å². The molecule has 0 unspecified atom stereocenters. The van der Waals surface area contributed by atoms with Gasteiger partial charge in [0.2, 0.25) is 0 Å². The molecule has 0 spiro atoms. The second kappa shape index (κ2) is 8.30. The molecule has 25 heavy (non-hydrogen) atoms. The molecule has 1 N–H and O–H groups in total. The first-order valence-electron chi connectivity index (χ1n) is 7.78. The molecular weight excluding hydrogens is 336 g/mol. The van der Waals surface area contributed by atoms with Crippen molar-refractivity contribution in [3.05, 3.63) is 71.2 Å². The number of nitrogens with zero attached hydrogens (tertiary/aromatic N) is 1. The van der Waals surface area contributed by atoms with Gasteiger partial charge in [-0.15, -0.1) is 11.3 Å². The minimum Gasteiger partial charge on any atom is -0.497 e. The monoisotopic (exact) mass is 354 g/mol. The van der Waals surface area contributed by atoms with E-state index in [-0.39, 0.29) is 19.0 Å². The van der Waals surface area contributed by atoms with E-state index in [0.29, 0.717) is 0 Å². The Labute approximate surface area is 150 Å². The number of anilines is 2. The normalized spacial score (nSPS) is 10.3. The Kier molecular flexibility index (Phi) is 5.64. The Balaban J connectivity index is 1.48. The lowest BCUT2D eigenvalue weighted by Crippen LogP contribution is -2.08. The molecule has 0 aliphatic heterocycles. The highest BCUT2D eigenvalue weighted by Crippen LogP contribution is 2.21. The molecule has 0 saturated carbocycles. The number of nitrogens with one attached hydrogen (secondary N) is 1. The van der Waals surface area contributed by atoms with Gasteiger partial charge in [-0.1, -0.05) is 30.3 Å². The van der Waals surface area contributed by atoms with Crippen molar-refractivity contribution in [3.8, 4) is 5.75 Å². The zero-order valence-corrected chi connectivity index (χ0v) is 14.6. The molecule has 0 atom stereocenters. The number of para-hydroxylation sites is 1. The van der Waals surface area contributed by atoms with Gasteiger partial charge in [0, 0.05) is 11.1 Å². The molecule has 0 bridgehead atoms. The third-order valence-electron chi connectivity index (χ3n) is 3.47. The molecule has 0 amide bonds. The highest BCUT2D eigenvalue weighted by atomic mass is 32.1. The third-order valence-corrected chi connectivity index (χ3v) is 4.27. The Bertz CT molecular complexity index is 816. The maximum absolute atomic E-state index is 11.9. The number of rotatable bonds is 7. The van der Waals surface area contributed by atoms with Gasteiger partial charge in [-0.05, 0) is 29.8 Å². The zero-order valence-electron chi connectivity index (χ0n) is 13.8. The fraction of sp³-hybridized carbons (Fsp3) is 0.158. The molecule has 0 saturated heterocycles. The lowest BCUT2D eigenvalue weighted by molar-refractivity contribution is -0.144. The summed E-state index contributed by atoms with van der Waals surface area (Å²) in [5, 5.41) is 5.87. The Morgan fingerprint density at radius 3 is 2.60 bits per heavy atom. The lowest BCUT2D eigenvalue weighted by atomic mass is 10.1. The predicted molar refractivity (Wildman–Crippen MR) is 98.3 cm³/mol. The van der Waals surface area contributed by atoms with Crippen molar-refractivity contribution in [2.75, 3.05) is 12.4 Å². The average Bonchev–Trinajstić information content (AvgIpc) is 3.09. The molecule has 2 aromatic carbocycles. The van der Waals surface area contributed by atoms with Crippen LogP contribution in [0, 0.1) is 0 Å². The predicted octanol–water partition coefficient (Wildman–Crippen LogP) is 4.18. The Hall–Kier alpha value is -2.86. The quantitative estimate of drug-likeness (QED) is 0.645. The van der Waals surface area contributed by atoms with Crippen LogP contribution in [-0.2, 0) is 22.6 Å². The van der Waals surface area contributed by atoms with Crippen LogP contribution in [0.1, 0.15) is 11.3 Å². The number of carbonyl (C=O) groups excluding carboxylic acids is 1. The van der Waals surface area contributed by atoms with E-state index in [2.05, 4.69) is 10.3 Å². The lowest BCUT2D eigenvalue weighted by Gasteiger charge is -2.04. The molecule has 128 valence electrons. The van der Waals surface area contributed by atoms with Crippen LogP contribution in [0.2, 0.25) is 0 Å². The number of esters is 1. The number of thiazole rings is 1. The molecule has 5 nitrogen and oxygen atoms in total. The number of aromatic nitrogens is 1. The Morgan fingerprint density at radius 2 is 1.88 bits per heavy atom. The van der Waals surface area contributed by atoms with Crippen molar-refractivity contribution in [2.24, 2.45) is 0 Å². The fourth-order valence-electron chi connectivity index (χ4n) is 2.19. The summed E-state index contributed by atoms with van der Waals surface area (Å²) in [4.78, 5) is 16.4. The van der Waals surface area contributed by atoms with Gasteiger partial charge in [0.1, 0.15) is 12.4 Å². The molecule has 3 rings (SSSR count). The second-order valence-corrected chi connectivity index (χ2v) is 6.18. The maximum Gasteiger partial charge on any atom is 0.310 e. The summed E-state index contributed by atoms with van der Waals surface area (Å²) in [6.07, 6.45) is 0.225. The second-order valence-electron chi connectivity index (χ2n) is 5.32. The summed E-state index contributed by atoms with van der Waals surface area (Å²) in [5.74, 6) is 0.480. The van der Waals surface area contributed by atoms with Gasteiger partial charge in [-0.25, -0.2) is 4.98 Å². The van der Waals surface area contributed by atoms with Gasteiger partial charge < -0.3 is 14.8 Å². The van der Waals surface area contributed by atoms with Crippen molar-refractivity contribution >= 4 is 28.1 Å². The van der Waals surface area contributed by atoms with Gasteiger partial charge in [0.05, 0.1) is 19.2 Å². The van der Waals surface area contributed by atoms with Gasteiger partial charge >= 0.3 is 5.97 Å². The van der Waals surface area contributed by atoms with Crippen LogP contribution in [0.3, 0.4) is 0 Å². The summed E-state index contributed by atoms with van der Waals surface area (Å²) < 4.78 is 10.4. The minimum atomic E-state index is -0.282. The molecule has 3 aromatic rings. The molecule has 0 aliphatic rings. The van der Waals surface area contributed by atoms with E-state index >= 15 is 0 Å². The van der Waals surface area contributed by atoms with Crippen LogP contribution in [-0.4, -0.2) is 18.1 Å². The number of benzene rings is 2. The van der Waals surface area contributed by atoms with Crippen LogP contribution in [0.4, 0.5) is 10.8 Å². The topological polar surface area (TPSA) is 60.5 Å². The van der Waals surface area contributed by atoms with E-state index in [0.717, 1.165) is 27.8 Å². The summed E-state index contributed by atoms with van der Waals surface area (Å²) in [7, 11) is 1.61. The molecule has 0 radical (unpaired) electrons. The van der Waals surface area contributed by atoms with Crippen LogP contribution in [0.5, 0.6) is 5.75 Å². The maximum atomic E-state index is 11.9. The van der Waals surface area contributed by atoms with E-state index in [1.807, 2.05) is 60.0 Å². The van der Waals surface area contributed by atoms with E-state index in [4.69, 9.17) is 9.47 Å². The molecule has 0 aliphatic carbocycles. The molecule has 0 fully saturated rings. The van der Waals surface area contributed by atoms with Gasteiger partial charge in [-0.3, -0.25) is 4.79 Å². The smallest absolute Gasteiger partial charge is 0.310 e. The summed E-state index contributed by atoms with van der Waals surface area (Å²) in [5.41, 5.74) is 2.59. The molecule has 1 heterocycles. The number of hydrogen-bond acceptors (Lipinski definition) is 6. The highest BCUT2D eigenvalue weighted by Gasteiger charge is 2.08. The van der Waals surface area contributed by atoms with Gasteiger partial charge in [-0.2, -0.15) is 0 Å². The van der Waals surface area contributed by atoms with Crippen molar-refractivity contribution in [1.82, 2.24) is 4.98 Å². The number of ether oxygens (including phenoxy) is 2. The number of carbonyl (C=O) groups is 1. The summed E-state index contributed by atoms with van der Waals surface area (Å²) in [6.45, 7) is 0.169. The Morgan fingerprint density at radius 1 is 1.12 bits per heavy atom. The minimum absolute atomic E-state index is 0.169. The van der Waals surface area contributed by atoms with Crippen molar-refractivity contribution < 1.29 is 14.3 Å². The van der Waals surface area contributed by atoms with Gasteiger partial charge in [0.15, 0.2) is 5.13 Å². The first-order chi connectivity index (χ1) is 12.2. The van der Waals surface area contributed by atoms with Gasteiger partial charge in [0.25, 0.3) is 0 Å². The van der Waals surface area contributed by atoms with E-state index in [1.54, 1.807) is 7.11 Å². The molecule has 6 heteroatoms. The highest BCUT2D eigenvalue weighted by molar-refractivity contribution is 7.13. The standard InChI is InChI=1S/C19H18N2O3S/c1-23-17-9-7-14(8-10-17)11-18(22)24-12-16-13-25-19(21-16)20-15-5-3-2-4-6-15/h2-10,13H,11-12H2,1H3,(H,20,21). The number of methoxy groups -OCH3 is 1. The van der Waals surface area contributed by atoms with Crippen molar-refractivity contribution in [1.29, 1.82) is 0 Å². The first-order valence-corrected chi connectivity index (χ1v) is 8.66. The fourth-order valence-corrected chi connectivity index (χ4v) is 2.91. The third kappa shape index (κ3) is 5.06. The van der Waals surface area contributed by atoms with E-state index < -0.39 is 0 Å². The molecular formula is C19H18N2O3S. The summed E-state index contributed by atoms with van der Waals surface area (Å²) in [6, 6.07) is 17.2. The zero-order chi connectivity index (χ0) is 17.5. The average molecular weight is 354 g/mol. The molecule has 1 aromatic heterocycles. The number of hydrogen-bond donors (Lipinski definition) is 1. The van der Waals surface area contributed by atoms with Crippen LogP contribution in [0.15, 0.2) is 60.0 Å². The largest absolute Gasteiger partial charge is 0.497 e. The van der Waals surface area contributed by atoms with Crippen molar-refractivity contribution in [2.45, 2.75) is 13.0 Å². The van der Waals surface area contributed by atoms with Crippen molar-refractivity contribution in [3.63, 3.8) is 0 Å². The summed E-state index contributed by atoms with van der Waals surface area (Å²) >= 11 is 1.48. The SMILES string of the molecule is COc1ccc(CC(=O)OCc2csc(Nc3ccccc3)n2)cc1. The van der Waals surface area contributed by atoms with E-state index in [9.17, 15) is 4.79 Å². The first kappa shape index (κ1) is 17.0. The van der Waals surface area contributed by atoms with Crippen LogP contribution < -0.4 is 10.1 Å². The van der Waals surface area contributed by atoms with Crippen LogP contribution >= 0.6 is 11.3 Å². The van der Waals surface area contributed by atoms with E-state index in [1.165, 1.54) is 11.3 Å².